The lowest BCUT2D eigenvalue weighted by molar-refractivity contribution is -0.142. The van der Waals surface area contributed by atoms with Crippen LogP contribution in [0.2, 0.25) is 5.02 Å². The van der Waals surface area contributed by atoms with Gasteiger partial charge in [0, 0.05) is 5.69 Å². The highest BCUT2D eigenvalue weighted by Gasteiger charge is 2.26. The molecular weight excluding hydrogens is 368 g/mol. The molecule has 7 heteroatoms. The van der Waals surface area contributed by atoms with Crippen LogP contribution in [-0.4, -0.2) is 37.0 Å². The number of rotatable bonds is 7. The highest BCUT2D eigenvalue weighted by atomic mass is 35.5. The molecule has 0 saturated carbocycles. The Morgan fingerprint density at radius 2 is 1.70 bits per heavy atom. The molecule has 27 heavy (non-hydrogen) atoms. The first-order chi connectivity index (χ1) is 12.9. The van der Waals surface area contributed by atoms with Gasteiger partial charge in [0.15, 0.2) is 0 Å². The molecule has 142 valence electrons. The van der Waals surface area contributed by atoms with E-state index in [0.717, 1.165) is 0 Å². The number of anilines is 1. The number of nitrogens with one attached hydrogen (secondary N) is 1. The molecule has 1 N–H and O–H groups in total. The third kappa shape index (κ3) is 5.56. The van der Waals surface area contributed by atoms with Gasteiger partial charge in [0.25, 0.3) is 5.91 Å². The van der Waals surface area contributed by atoms with E-state index < -0.39 is 23.8 Å². The van der Waals surface area contributed by atoms with E-state index in [4.69, 9.17) is 16.3 Å². The van der Waals surface area contributed by atoms with Gasteiger partial charge in [-0.15, -0.1) is 0 Å². The van der Waals surface area contributed by atoms with Gasteiger partial charge in [-0.2, -0.15) is 0 Å². The minimum absolute atomic E-state index is 0.217. The Morgan fingerprint density at radius 1 is 1.07 bits per heavy atom. The van der Waals surface area contributed by atoms with Crippen molar-refractivity contribution < 1.29 is 19.1 Å². The zero-order valence-electron chi connectivity index (χ0n) is 15.1. The van der Waals surface area contributed by atoms with E-state index in [1.54, 1.807) is 68.4 Å². The number of esters is 1. The van der Waals surface area contributed by atoms with Crippen molar-refractivity contribution in [2.24, 2.45) is 0 Å². The number of benzene rings is 2. The summed E-state index contributed by atoms with van der Waals surface area (Å²) in [5, 5.41) is 2.92. The van der Waals surface area contributed by atoms with Crippen molar-refractivity contribution in [3.63, 3.8) is 0 Å². The number of amides is 2. The minimum Gasteiger partial charge on any atom is -0.465 e. The maximum atomic E-state index is 12.9. The molecule has 0 fully saturated rings. The van der Waals surface area contributed by atoms with Crippen LogP contribution in [0, 0.1) is 0 Å². The number of nitrogens with zero attached hydrogens (tertiary/aromatic N) is 1. The average Bonchev–Trinajstić information content (AvgIpc) is 2.66. The standard InChI is InChI=1S/C20H21ClN2O4/c1-3-27-18(24)13-23(15-9-5-4-6-10-15)20(26)14(2)22-19(25)16-11-7-8-12-17(16)21/h4-12,14H,3,13H2,1-2H3,(H,22,25). The van der Waals surface area contributed by atoms with Crippen molar-refractivity contribution in [1.82, 2.24) is 5.32 Å². The van der Waals surface area contributed by atoms with E-state index >= 15 is 0 Å². The molecule has 0 heterocycles. The summed E-state index contributed by atoms with van der Waals surface area (Å²) in [7, 11) is 0. The number of hydrogen-bond acceptors (Lipinski definition) is 4. The summed E-state index contributed by atoms with van der Waals surface area (Å²) in [6.45, 7) is 3.22. The highest BCUT2D eigenvalue weighted by Crippen LogP contribution is 2.17. The van der Waals surface area contributed by atoms with Crippen molar-refractivity contribution in [2.45, 2.75) is 19.9 Å². The molecule has 0 saturated heterocycles. The van der Waals surface area contributed by atoms with Crippen LogP contribution in [0.3, 0.4) is 0 Å². The summed E-state index contributed by atoms with van der Waals surface area (Å²) in [5.74, 6) is -1.43. The lowest BCUT2D eigenvalue weighted by atomic mass is 10.2. The molecular formula is C20H21ClN2O4. The highest BCUT2D eigenvalue weighted by molar-refractivity contribution is 6.33. The van der Waals surface area contributed by atoms with E-state index in [-0.39, 0.29) is 18.7 Å². The van der Waals surface area contributed by atoms with Gasteiger partial charge in [-0.05, 0) is 38.1 Å². The molecule has 1 atom stereocenters. The second-order valence-corrected chi connectivity index (χ2v) is 6.15. The van der Waals surface area contributed by atoms with Gasteiger partial charge < -0.3 is 10.1 Å². The maximum absolute atomic E-state index is 12.9. The van der Waals surface area contributed by atoms with Gasteiger partial charge in [-0.1, -0.05) is 41.9 Å². The normalized spacial score (nSPS) is 11.4. The summed E-state index contributed by atoms with van der Waals surface area (Å²) >= 11 is 6.03. The molecule has 2 aromatic carbocycles. The Bertz CT molecular complexity index is 811. The van der Waals surface area contributed by atoms with Crippen LogP contribution in [0.4, 0.5) is 5.69 Å². The zero-order valence-corrected chi connectivity index (χ0v) is 15.9. The van der Waals surface area contributed by atoms with Crippen LogP contribution in [0.15, 0.2) is 54.6 Å². The van der Waals surface area contributed by atoms with Crippen LogP contribution < -0.4 is 10.2 Å². The van der Waals surface area contributed by atoms with Gasteiger partial charge in [0.1, 0.15) is 12.6 Å². The molecule has 0 spiro atoms. The summed E-state index contributed by atoms with van der Waals surface area (Å²) in [6, 6.07) is 14.4. The minimum atomic E-state index is -0.872. The first-order valence-corrected chi connectivity index (χ1v) is 8.89. The second-order valence-electron chi connectivity index (χ2n) is 5.74. The SMILES string of the molecule is CCOC(=O)CN(C(=O)C(C)NC(=O)c1ccccc1Cl)c1ccccc1. The van der Waals surface area contributed by atoms with E-state index in [1.165, 1.54) is 4.90 Å². The fourth-order valence-electron chi connectivity index (χ4n) is 2.46. The number of para-hydroxylation sites is 1. The molecule has 2 rings (SSSR count). The molecule has 2 aromatic rings. The molecule has 2 amide bonds. The number of hydrogen-bond donors (Lipinski definition) is 1. The lowest BCUT2D eigenvalue weighted by Gasteiger charge is -2.25. The van der Waals surface area contributed by atoms with Crippen LogP contribution >= 0.6 is 11.6 Å². The Labute approximate surface area is 163 Å². The summed E-state index contributed by atoms with van der Waals surface area (Å²) in [6.07, 6.45) is 0. The van der Waals surface area contributed by atoms with Crippen molar-refractivity contribution in [3.05, 3.63) is 65.2 Å². The second kappa shape index (κ2) is 9.73. The Balaban J connectivity index is 2.17. The molecule has 0 aromatic heterocycles. The Hall–Kier alpha value is -2.86. The van der Waals surface area contributed by atoms with Crippen LogP contribution in [-0.2, 0) is 14.3 Å². The fraction of sp³-hybridized carbons (Fsp3) is 0.250. The number of carbonyl (C=O) groups is 3. The number of halogens is 1. The van der Waals surface area contributed by atoms with Crippen LogP contribution in [0.5, 0.6) is 0 Å². The summed E-state index contributed by atoms with van der Waals surface area (Å²) in [4.78, 5) is 38.5. The van der Waals surface area contributed by atoms with E-state index in [0.29, 0.717) is 10.7 Å². The Kier molecular flexibility index (Phi) is 7.37. The molecule has 0 aliphatic carbocycles. The quantitative estimate of drug-likeness (QED) is 0.739. The first-order valence-electron chi connectivity index (χ1n) is 8.51. The van der Waals surface area contributed by atoms with Gasteiger partial charge in [0.05, 0.1) is 17.2 Å². The van der Waals surface area contributed by atoms with Crippen LogP contribution in [0.25, 0.3) is 0 Å². The van der Waals surface area contributed by atoms with Gasteiger partial charge in [0.2, 0.25) is 5.91 Å². The van der Waals surface area contributed by atoms with Crippen LogP contribution in [0.1, 0.15) is 24.2 Å². The van der Waals surface area contributed by atoms with Gasteiger partial charge in [-0.25, -0.2) is 0 Å². The topological polar surface area (TPSA) is 75.7 Å². The summed E-state index contributed by atoms with van der Waals surface area (Å²) < 4.78 is 4.95. The summed E-state index contributed by atoms with van der Waals surface area (Å²) in [5.41, 5.74) is 0.810. The molecule has 1 unspecified atom stereocenters. The van der Waals surface area contributed by atoms with E-state index in [2.05, 4.69) is 5.32 Å². The monoisotopic (exact) mass is 388 g/mol. The average molecular weight is 389 g/mol. The van der Waals surface area contributed by atoms with E-state index in [9.17, 15) is 14.4 Å². The van der Waals surface area contributed by atoms with Crippen molar-refractivity contribution >= 4 is 35.1 Å². The Morgan fingerprint density at radius 3 is 2.33 bits per heavy atom. The van der Waals surface area contributed by atoms with Crippen molar-refractivity contribution in [2.75, 3.05) is 18.1 Å². The molecule has 0 radical (unpaired) electrons. The number of carbonyl (C=O) groups excluding carboxylic acids is 3. The van der Waals surface area contributed by atoms with Crippen molar-refractivity contribution in [1.29, 1.82) is 0 Å². The third-order valence-electron chi connectivity index (χ3n) is 3.76. The first kappa shape index (κ1) is 20.5. The van der Waals surface area contributed by atoms with Crippen molar-refractivity contribution in [3.8, 4) is 0 Å². The molecule has 0 aliphatic rings. The fourth-order valence-corrected chi connectivity index (χ4v) is 2.68. The predicted molar refractivity (Wildman–Crippen MR) is 104 cm³/mol. The molecule has 0 aliphatic heterocycles. The number of ether oxygens (including phenoxy) is 1. The molecule has 6 nitrogen and oxygen atoms in total. The zero-order chi connectivity index (χ0) is 19.8. The van der Waals surface area contributed by atoms with Gasteiger partial charge in [-0.3, -0.25) is 19.3 Å². The maximum Gasteiger partial charge on any atom is 0.326 e. The smallest absolute Gasteiger partial charge is 0.326 e. The largest absolute Gasteiger partial charge is 0.465 e. The molecule has 0 bridgehead atoms. The van der Waals surface area contributed by atoms with Gasteiger partial charge >= 0.3 is 5.97 Å². The lowest BCUT2D eigenvalue weighted by Crippen LogP contribution is -2.49. The third-order valence-corrected chi connectivity index (χ3v) is 4.09. The predicted octanol–water partition coefficient (Wildman–Crippen LogP) is 3.05. The van der Waals surface area contributed by atoms with E-state index in [1.807, 2.05) is 0 Å².